The molecule has 0 heterocycles. The number of rotatable bonds is 8. The molecule has 1 saturated carbocycles. The molecule has 1 atom stereocenters. The molecule has 18 heavy (non-hydrogen) atoms. The van der Waals surface area contributed by atoms with Crippen molar-refractivity contribution in [3.63, 3.8) is 0 Å². The predicted molar refractivity (Wildman–Crippen MR) is 76.1 cm³/mol. The maximum absolute atomic E-state index is 5.17. The minimum absolute atomic E-state index is 0.626. The van der Waals surface area contributed by atoms with Crippen molar-refractivity contribution in [1.29, 1.82) is 0 Å². The van der Waals surface area contributed by atoms with Crippen molar-refractivity contribution in [3.8, 4) is 0 Å². The molecule has 1 unspecified atom stereocenters. The standard InChI is InChI=1S/C16H25NO/c1-13-5-3-6-14(11-13)15(7-4-10-18-2)12-17-16-8-9-16/h3,5-6,11,15-17H,4,7-10,12H2,1-2H3. The molecule has 0 amide bonds. The van der Waals surface area contributed by atoms with Crippen LogP contribution >= 0.6 is 0 Å². The average Bonchev–Trinajstić information content (AvgIpc) is 3.17. The Hall–Kier alpha value is -0.860. The molecule has 0 radical (unpaired) electrons. The summed E-state index contributed by atoms with van der Waals surface area (Å²) in [6, 6.07) is 9.72. The Labute approximate surface area is 111 Å². The van der Waals surface area contributed by atoms with Crippen molar-refractivity contribution in [2.24, 2.45) is 0 Å². The van der Waals surface area contributed by atoms with Crippen LogP contribution < -0.4 is 5.32 Å². The van der Waals surface area contributed by atoms with E-state index in [4.69, 9.17) is 4.74 Å². The lowest BCUT2D eigenvalue weighted by Crippen LogP contribution is -2.23. The summed E-state index contributed by atoms with van der Waals surface area (Å²) in [5.41, 5.74) is 2.83. The van der Waals surface area contributed by atoms with E-state index in [0.717, 1.165) is 25.6 Å². The Morgan fingerprint density at radius 1 is 1.39 bits per heavy atom. The Balaban J connectivity index is 1.92. The topological polar surface area (TPSA) is 21.3 Å². The van der Waals surface area contributed by atoms with E-state index in [1.165, 1.54) is 30.4 Å². The van der Waals surface area contributed by atoms with E-state index in [9.17, 15) is 0 Å². The first-order valence-electron chi connectivity index (χ1n) is 7.08. The van der Waals surface area contributed by atoms with Gasteiger partial charge in [0.15, 0.2) is 0 Å². The highest BCUT2D eigenvalue weighted by atomic mass is 16.5. The Morgan fingerprint density at radius 2 is 2.22 bits per heavy atom. The van der Waals surface area contributed by atoms with Gasteiger partial charge in [0.25, 0.3) is 0 Å². The highest BCUT2D eigenvalue weighted by molar-refractivity contribution is 5.25. The van der Waals surface area contributed by atoms with Gasteiger partial charge in [-0.05, 0) is 44.1 Å². The second kappa shape index (κ2) is 6.91. The fourth-order valence-electron chi connectivity index (χ4n) is 2.38. The lowest BCUT2D eigenvalue weighted by atomic mass is 9.93. The molecule has 1 N–H and O–H groups in total. The van der Waals surface area contributed by atoms with Crippen molar-refractivity contribution in [2.45, 2.75) is 44.6 Å². The zero-order valence-corrected chi connectivity index (χ0v) is 11.6. The molecule has 0 aromatic heterocycles. The van der Waals surface area contributed by atoms with Crippen LogP contribution in [0.15, 0.2) is 24.3 Å². The summed E-state index contributed by atoms with van der Waals surface area (Å²) >= 11 is 0. The first-order chi connectivity index (χ1) is 8.79. The van der Waals surface area contributed by atoms with E-state index in [1.807, 2.05) is 0 Å². The van der Waals surface area contributed by atoms with Crippen LogP contribution in [0, 0.1) is 6.92 Å². The van der Waals surface area contributed by atoms with Crippen LogP contribution in [-0.4, -0.2) is 26.3 Å². The zero-order valence-electron chi connectivity index (χ0n) is 11.6. The maximum Gasteiger partial charge on any atom is 0.0462 e. The maximum atomic E-state index is 5.17. The number of benzene rings is 1. The highest BCUT2D eigenvalue weighted by Gasteiger charge is 2.22. The second-order valence-corrected chi connectivity index (χ2v) is 5.43. The highest BCUT2D eigenvalue weighted by Crippen LogP contribution is 2.24. The molecule has 1 fully saturated rings. The lowest BCUT2D eigenvalue weighted by Gasteiger charge is -2.18. The van der Waals surface area contributed by atoms with Gasteiger partial charge >= 0.3 is 0 Å². The summed E-state index contributed by atoms with van der Waals surface area (Å²) in [5, 5.41) is 3.66. The van der Waals surface area contributed by atoms with Gasteiger partial charge in [0.2, 0.25) is 0 Å². The number of hydrogen-bond donors (Lipinski definition) is 1. The summed E-state index contributed by atoms with van der Waals surface area (Å²) in [6.07, 6.45) is 5.07. The third kappa shape index (κ3) is 4.43. The first-order valence-corrected chi connectivity index (χ1v) is 7.08. The molecule has 100 valence electrons. The minimum Gasteiger partial charge on any atom is -0.385 e. The molecule has 1 aromatic rings. The van der Waals surface area contributed by atoms with Crippen molar-refractivity contribution in [2.75, 3.05) is 20.3 Å². The van der Waals surface area contributed by atoms with E-state index in [2.05, 4.69) is 36.5 Å². The Morgan fingerprint density at radius 3 is 2.89 bits per heavy atom. The van der Waals surface area contributed by atoms with Gasteiger partial charge in [-0.1, -0.05) is 29.8 Å². The number of ether oxygens (including phenoxy) is 1. The number of hydrogen-bond acceptors (Lipinski definition) is 2. The quantitative estimate of drug-likeness (QED) is 0.712. The van der Waals surface area contributed by atoms with Gasteiger partial charge in [0, 0.05) is 26.3 Å². The fourth-order valence-corrected chi connectivity index (χ4v) is 2.38. The number of aryl methyl sites for hydroxylation is 1. The van der Waals surface area contributed by atoms with Crippen molar-refractivity contribution < 1.29 is 4.74 Å². The van der Waals surface area contributed by atoms with Crippen LogP contribution in [0.4, 0.5) is 0 Å². The fraction of sp³-hybridized carbons (Fsp3) is 0.625. The Kier molecular flexibility index (Phi) is 5.21. The van der Waals surface area contributed by atoms with Crippen LogP contribution in [0.3, 0.4) is 0 Å². The van der Waals surface area contributed by atoms with E-state index >= 15 is 0 Å². The monoisotopic (exact) mass is 247 g/mol. The van der Waals surface area contributed by atoms with E-state index < -0.39 is 0 Å². The van der Waals surface area contributed by atoms with Gasteiger partial charge in [-0.3, -0.25) is 0 Å². The van der Waals surface area contributed by atoms with Crippen molar-refractivity contribution >= 4 is 0 Å². The summed E-state index contributed by atoms with van der Waals surface area (Å²) < 4.78 is 5.17. The minimum atomic E-state index is 0.626. The third-order valence-electron chi connectivity index (χ3n) is 3.64. The van der Waals surface area contributed by atoms with Gasteiger partial charge in [-0.15, -0.1) is 0 Å². The number of methoxy groups -OCH3 is 1. The number of nitrogens with one attached hydrogen (secondary N) is 1. The largest absolute Gasteiger partial charge is 0.385 e. The molecule has 0 aliphatic heterocycles. The molecule has 0 bridgehead atoms. The molecule has 1 aromatic carbocycles. The third-order valence-corrected chi connectivity index (χ3v) is 3.64. The molecule has 2 rings (SSSR count). The molecule has 0 saturated heterocycles. The SMILES string of the molecule is COCCCC(CNC1CC1)c1cccc(C)c1. The summed E-state index contributed by atoms with van der Waals surface area (Å²) in [6.45, 7) is 4.15. The molecule has 1 aliphatic rings. The Bertz CT molecular complexity index is 360. The average molecular weight is 247 g/mol. The molecule has 2 heteroatoms. The van der Waals surface area contributed by atoms with Crippen LogP contribution in [0.5, 0.6) is 0 Å². The first kappa shape index (κ1) is 13.6. The van der Waals surface area contributed by atoms with Gasteiger partial charge in [0.05, 0.1) is 0 Å². The van der Waals surface area contributed by atoms with E-state index in [0.29, 0.717) is 5.92 Å². The normalized spacial score (nSPS) is 16.8. The molecule has 1 aliphatic carbocycles. The van der Waals surface area contributed by atoms with E-state index in [1.54, 1.807) is 7.11 Å². The van der Waals surface area contributed by atoms with Gasteiger partial charge < -0.3 is 10.1 Å². The predicted octanol–water partition coefficient (Wildman–Crippen LogP) is 3.26. The molecular weight excluding hydrogens is 222 g/mol. The molecular formula is C16H25NO. The smallest absolute Gasteiger partial charge is 0.0462 e. The van der Waals surface area contributed by atoms with Crippen LogP contribution in [0.25, 0.3) is 0 Å². The zero-order chi connectivity index (χ0) is 12.8. The van der Waals surface area contributed by atoms with Crippen molar-refractivity contribution in [1.82, 2.24) is 5.32 Å². The van der Waals surface area contributed by atoms with Crippen molar-refractivity contribution in [3.05, 3.63) is 35.4 Å². The van der Waals surface area contributed by atoms with E-state index in [-0.39, 0.29) is 0 Å². The summed E-state index contributed by atoms with van der Waals surface area (Å²) in [4.78, 5) is 0. The van der Waals surface area contributed by atoms with Crippen LogP contribution in [0.2, 0.25) is 0 Å². The van der Waals surface area contributed by atoms with Gasteiger partial charge in [0.1, 0.15) is 0 Å². The molecule has 2 nitrogen and oxygen atoms in total. The lowest BCUT2D eigenvalue weighted by molar-refractivity contribution is 0.190. The van der Waals surface area contributed by atoms with Crippen LogP contribution in [0.1, 0.15) is 42.7 Å². The second-order valence-electron chi connectivity index (χ2n) is 5.43. The summed E-state index contributed by atoms with van der Waals surface area (Å²) in [7, 11) is 1.78. The van der Waals surface area contributed by atoms with Crippen LogP contribution in [-0.2, 0) is 4.74 Å². The van der Waals surface area contributed by atoms with Gasteiger partial charge in [-0.2, -0.15) is 0 Å². The summed E-state index contributed by atoms with van der Waals surface area (Å²) in [5.74, 6) is 0.626. The van der Waals surface area contributed by atoms with Gasteiger partial charge in [-0.25, -0.2) is 0 Å². The molecule has 0 spiro atoms.